The average molecular weight is 329 g/mol. The lowest BCUT2D eigenvalue weighted by atomic mass is 10.1. The number of para-hydroxylation sites is 2. The minimum atomic E-state index is -0.350. The van der Waals surface area contributed by atoms with Crippen molar-refractivity contribution in [3.05, 3.63) is 24.3 Å². The fourth-order valence-corrected chi connectivity index (χ4v) is 3.43. The monoisotopic (exact) mass is 329 g/mol. The Bertz CT molecular complexity index is 640. The predicted molar refractivity (Wildman–Crippen MR) is 91.8 cm³/mol. The van der Waals surface area contributed by atoms with Crippen molar-refractivity contribution < 1.29 is 14.4 Å². The summed E-state index contributed by atoms with van der Waals surface area (Å²) in [5.74, 6) is -0.487. The van der Waals surface area contributed by atoms with E-state index in [0.29, 0.717) is 17.9 Å². The van der Waals surface area contributed by atoms with Crippen LogP contribution in [0.15, 0.2) is 24.3 Å². The van der Waals surface area contributed by atoms with E-state index < -0.39 is 0 Å². The highest BCUT2D eigenvalue weighted by atomic mass is 16.2. The van der Waals surface area contributed by atoms with Crippen LogP contribution >= 0.6 is 0 Å². The maximum absolute atomic E-state index is 12.8. The molecule has 6 nitrogen and oxygen atoms in total. The van der Waals surface area contributed by atoms with Gasteiger partial charge in [0.15, 0.2) is 0 Å². The van der Waals surface area contributed by atoms with Crippen molar-refractivity contribution in [2.45, 2.75) is 26.2 Å². The van der Waals surface area contributed by atoms with Crippen molar-refractivity contribution in [1.82, 2.24) is 4.90 Å². The van der Waals surface area contributed by atoms with Crippen LogP contribution in [0.2, 0.25) is 0 Å². The topological polar surface area (TPSA) is 60.9 Å². The van der Waals surface area contributed by atoms with Gasteiger partial charge in [0.05, 0.1) is 17.3 Å². The van der Waals surface area contributed by atoms with Crippen LogP contribution in [0.25, 0.3) is 0 Å². The molecule has 0 spiro atoms. The molecule has 1 atom stereocenters. The molecule has 6 heteroatoms. The number of piperidine rings is 1. The van der Waals surface area contributed by atoms with Crippen molar-refractivity contribution in [3.63, 3.8) is 0 Å². The number of carbonyl (C=O) groups is 3. The summed E-state index contributed by atoms with van der Waals surface area (Å²) in [6, 6.07) is 7.27. The number of hydrogen-bond acceptors (Lipinski definition) is 3. The van der Waals surface area contributed by atoms with Crippen LogP contribution in [0, 0.1) is 5.92 Å². The molecule has 24 heavy (non-hydrogen) atoms. The van der Waals surface area contributed by atoms with Crippen LogP contribution in [0.3, 0.4) is 0 Å². The third-order valence-corrected chi connectivity index (χ3v) is 4.77. The Kier molecular flexibility index (Phi) is 4.83. The molecule has 0 N–H and O–H groups in total. The van der Waals surface area contributed by atoms with Crippen LogP contribution < -0.4 is 9.80 Å². The lowest BCUT2D eigenvalue weighted by Crippen LogP contribution is -2.46. The van der Waals surface area contributed by atoms with E-state index in [1.807, 2.05) is 23.1 Å². The van der Waals surface area contributed by atoms with E-state index in [2.05, 4.69) is 0 Å². The van der Waals surface area contributed by atoms with Gasteiger partial charge in [-0.3, -0.25) is 14.4 Å². The van der Waals surface area contributed by atoms with E-state index in [1.54, 1.807) is 22.8 Å². The lowest BCUT2D eigenvalue weighted by molar-refractivity contribution is -0.132. The maximum Gasteiger partial charge on any atom is 0.242 e. The Balaban J connectivity index is 1.90. The second-order valence-electron chi connectivity index (χ2n) is 6.51. The van der Waals surface area contributed by atoms with Gasteiger partial charge < -0.3 is 14.7 Å². The van der Waals surface area contributed by atoms with E-state index in [-0.39, 0.29) is 24.3 Å². The summed E-state index contributed by atoms with van der Waals surface area (Å²) in [6.45, 7) is 3.68. The second-order valence-corrected chi connectivity index (χ2v) is 6.51. The molecule has 3 amide bonds. The Morgan fingerprint density at radius 2 is 1.83 bits per heavy atom. The van der Waals surface area contributed by atoms with Crippen molar-refractivity contribution >= 4 is 29.6 Å². The SMILES string of the molecule is CC1CN(C=O)c2ccccc2N(CC(=O)N2CCCCC2)C1=O. The van der Waals surface area contributed by atoms with Crippen molar-refractivity contribution in [3.8, 4) is 0 Å². The highest BCUT2D eigenvalue weighted by molar-refractivity contribution is 6.05. The summed E-state index contributed by atoms with van der Waals surface area (Å²) in [7, 11) is 0. The minimum absolute atomic E-state index is 0.0235. The third-order valence-electron chi connectivity index (χ3n) is 4.77. The molecule has 1 unspecified atom stereocenters. The van der Waals surface area contributed by atoms with E-state index >= 15 is 0 Å². The molecule has 1 fully saturated rings. The van der Waals surface area contributed by atoms with Crippen LogP contribution in [0.5, 0.6) is 0 Å². The van der Waals surface area contributed by atoms with Gasteiger partial charge in [0.25, 0.3) is 0 Å². The van der Waals surface area contributed by atoms with Crippen LogP contribution in [-0.2, 0) is 14.4 Å². The van der Waals surface area contributed by atoms with E-state index in [9.17, 15) is 14.4 Å². The summed E-state index contributed by atoms with van der Waals surface area (Å²) in [6.07, 6.45) is 3.94. The molecular formula is C18H23N3O3. The van der Waals surface area contributed by atoms with Gasteiger partial charge in [-0.25, -0.2) is 0 Å². The Hall–Kier alpha value is -2.37. The molecule has 0 aromatic heterocycles. The van der Waals surface area contributed by atoms with Crippen LogP contribution in [0.1, 0.15) is 26.2 Å². The largest absolute Gasteiger partial charge is 0.341 e. The number of rotatable bonds is 3. The minimum Gasteiger partial charge on any atom is -0.341 e. The lowest BCUT2D eigenvalue weighted by Gasteiger charge is -2.30. The molecule has 2 aliphatic rings. The Morgan fingerprint density at radius 1 is 1.17 bits per heavy atom. The first kappa shape index (κ1) is 16.5. The quantitative estimate of drug-likeness (QED) is 0.792. The molecule has 0 saturated carbocycles. The molecule has 1 saturated heterocycles. The maximum atomic E-state index is 12.8. The number of amides is 3. The number of carbonyl (C=O) groups excluding carboxylic acids is 3. The smallest absolute Gasteiger partial charge is 0.242 e. The highest BCUT2D eigenvalue weighted by Gasteiger charge is 2.33. The van der Waals surface area contributed by atoms with E-state index in [4.69, 9.17) is 0 Å². The molecule has 2 aliphatic heterocycles. The first-order valence-electron chi connectivity index (χ1n) is 8.52. The summed E-state index contributed by atoms with van der Waals surface area (Å²) < 4.78 is 0. The highest BCUT2D eigenvalue weighted by Crippen LogP contribution is 2.33. The average Bonchev–Trinajstić information content (AvgIpc) is 2.73. The van der Waals surface area contributed by atoms with Crippen molar-refractivity contribution in [1.29, 1.82) is 0 Å². The molecule has 0 bridgehead atoms. The second kappa shape index (κ2) is 7.03. The van der Waals surface area contributed by atoms with Gasteiger partial charge in [0, 0.05) is 19.6 Å². The number of fused-ring (bicyclic) bond motifs is 1. The van der Waals surface area contributed by atoms with Gasteiger partial charge >= 0.3 is 0 Å². The summed E-state index contributed by atoms with van der Waals surface area (Å²) in [5.41, 5.74) is 1.31. The van der Waals surface area contributed by atoms with Crippen molar-refractivity contribution in [2.24, 2.45) is 5.92 Å². The van der Waals surface area contributed by atoms with Gasteiger partial charge in [-0.1, -0.05) is 19.1 Å². The number of likely N-dealkylation sites (tertiary alicyclic amines) is 1. The first-order chi connectivity index (χ1) is 11.6. The summed E-state index contributed by atoms with van der Waals surface area (Å²) in [4.78, 5) is 41.8. The molecule has 0 radical (unpaired) electrons. The fraction of sp³-hybridized carbons (Fsp3) is 0.500. The Labute approximate surface area is 142 Å². The molecule has 2 heterocycles. The molecule has 1 aromatic rings. The van der Waals surface area contributed by atoms with Gasteiger partial charge in [0.2, 0.25) is 18.2 Å². The van der Waals surface area contributed by atoms with E-state index in [1.165, 1.54) is 0 Å². The molecule has 1 aromatic carbocycles. The van der Waals surface area contributed by atoms with Gasteiger partial charge in [-0.05, 0) is 31.4 Å². The fourth-order valence-electron chi connectivity index (χ4n) is 3.43. The van der Waals surface area contributed by atoms with Crippen LogP contribution in [-0.4, -0.2) is 49.3 Å². The van der Waals surface area contributed by atoms with Crippen molar-refractivity contribution in [2.75, 3.05) is 36.0 Å². The number of anilines is 2. The zero-order valence-electron chi connectivity index (χ0n) is 14.0. The zero-order valence-corrected chi connectivity index (χ0v) is 14.0. The number of nitrogens with zero attached hydrogens (tertiary/aromatic N) is 3. The standard InChI is InChI=1S/C18H23N3O3/c1-14-11-20(13-22)15-7-3-4-8-16(15)21(18(14)24)12-17(23)19-9-5-2-6-10-19/h3-4,7-8,13-14H,2,5-6,9-12H2,1H3. The zero-order chi connectivity index (χ0) is 17.1. The predicted octanol–water partition coefficient (Wildman–Crippen LogP) is 1.64. The molecular weight excluding hydrogens is 306 g/mol. The van der Waals surface area contributed by atoms with Gasteiger partial charge in [-0.15, -0.1) is 0 Å². The van der Waals surface area contributed by atoms with Crippen LogP contribution in [0.4, 0.5) is 11.4 Å². The third kappa shape index (κ3) is 3.13. The van der Waals surface area contributed by atoms with E-state index in [0.717, 1.165) is 38.8 Å². The summed E-state index contributed by atoms with van der Waals surface area (Å²) >= 11 is 0. The summed E-state index contributed by atoms with van der Waals surface area (Å²) in [5, 5.41) is 0. The Morgan fingerprint density at radius 3 is 2.50 bits per heavy atom. The number of benzene rings is 1. The molecule has 0 aliphatic carbocycles. The molecule has 128 valence electrons. The number of hydrogen-bond donors (Lipinski definition) is 0. The first-order valence-corrected chi connectivity index (χ1v) is 8.52. The normalized spacial score (nSPS) is 21.3. The van der Waals surface area contributed by atoms with Gasteiger partial charge in [0.1, 0.15) is 6.54 Å². The van der Waals surface area contributed by atoms with Gasteiger partial charge in [-0.2, -0.15) is 0 Å². The molecule has 3 rings (SSSR count).